The fourth-order valence-corrected chi connectivity index (χ4v) is 1.76. The zero-order valence-electron chi connectivity index (χ0n) is 11.4. The van der Waals surface area contributed by atoms with E-state index in [0.717, 1.165) is 12.1 Å². The number of aliphatic hydroxyl groups is 1. The quantitative estimate of drug-likeness (QED) is 0.876. The molecule has 1 rings (SSSR count). The zero-order valence-corrected chi connectivity index (χ0v) is 11.4. The molecule has 0 heterocycles. The molecule has 1 aromatic carbocycles. The molecule has 20 heavy (non-hydrogen) atoms. The van der Waals surface area contributed by atoms with Gasteiger partial charge in [0.05, 0.1) is 19.3 Å². The lowest BCUT2D eigenvalue weighted by molar-refractivity contribution is -0.274. The first-order valence-electron chi connectivity index (χ1n) is 6.03. The van der Waals surface area contributed by atoms with Crippen LogP contribution >= 0.6 is 0 Å². The predicted molar refractivity (Wildman–Crippen MR) is 67.5 cm³/mol. The van der Waals surface area contributed by atoms with Crippen LogP contribution in [0.3, 0.4) is 0 Å². The predicted octanol–water partition coefficient (Wildman–Crippen LogP) is 2.61. The summed E-state index contributed by atoms with van der Waals surface area (Å²) >= 11 is 0. The molecule has 4 nitrogen and oxygen atoms in total. The summed E-state index contributed by atoms with van der Waals surface area (Å²) in [6, 6.07) is 2.83. The van der Waals surface area contributed by atoms with E-state index in [4.69, 9.17) is 10.5 Å². The van der Waals surface area contributed by atoms with Crippen molar-refractivity contribution in [2.24, 2.45) is 11.7 Å². The zero-order chi connectivity index (χ0) is 15.5. The minimum Gasteiger partial charge on any atom is -0.496 e. The van der Waals surface area contributed by atoms with E-state index < -0.39 is 24.3 Å². The van der Waals surface area contributed by atoms with Crippen LogP contribution in [0.25, 0.3) is 0 Å². The molecule has 114 valence electrons. The lowest BCUT2D eigenvalue weighted by Gasteiger charge is -2.24. The molecular formula is C13H18F3NO3. The van der Waals surface area contributed by atoms with Crippen molar-refractivity contribution in [2.45, 2.75) is 32.4 Å². The van der Waals surface area contributed by atoms with Gasteiger partial charge in [-0.2, -0.15) is 0 Å². The number of methoxy groups -OCH3 is 1. The van der Waals surface area contributed by atoms with Crippen molar-refractivity contribution in [1.82, 2.24) is 0 Å². The number of nitrogens with two attached hydrogens (primary N) is 1. The third kappa shape index (κ3) is 4.28. The Balaban J connectivity index is 3.05. The van der Waals surface area contributed by atoms with Crippen LogP contribution in [-0.2, 0) is 0 Å². The van der Waals surface area contributed by atoms with Crippen molar-refractivity contribution in [2.75, 3.05) is 7.11 Å². The number of ether oxygens (including phenoxy) is 2. The molecule has 0 aromatic heterocycles. The first-order chi connectivity index (χ1) is 9.15. The highest BCUT2D eigenvalue weighted by atomic mass is 19.4. The van der Waals surface area contributed by atoms with Crippen LogP contribution in [0.2, 0.25) is 0 Å². The van der Waals surface area contributed by atoms with Crippen LogP contribution in [0.15, 0.2) is 18.2 Å². The van der Waals surface area contributed by atoms with Gasteiger partial charge in [0, 0.05) is 11.6 Å². The molecule has 0 saturated carbocycles. The van der Waals surface area contributed by atoms with Gasteiger partial charge in [0.25, 0.3) is 0 Å². The Kier molecular flexibility index (Phi) is 5.24. The van der Waals surface area contributed by atoms with Gasteiger partial charge in [0.2, 0.25) is 0 Å². The van der Waals surface area contributed by atoms with Gasteiger partial charge in [-0.25, -0.2) is 0 Å². The Morgan fingerprint density at radius 3 is 2.30 bits per heavy atom. The summed E-state index contributed by atoms with van der Waals surface area (Å²) in [5, 5.41) is 9.93. The summed E-state index contributed by atoms with van der Waals surface area (Å²) < 4.78 is 45.2. The van der Waals surface area contributed by atoms with Gasteiger partial charge in [-0.3, -0.25) is 0 Å². The first-order valence-corrected chi connectivity index (χ1v) is 6.03. The second kappa shape index (κ2) is 6.32. The average molecular weight is 293 g/mol. The van der Waals surface area contributed by atoms with Crippen LogP contribution < -0.4 is 15.2 Å². The number of aliphatic hydroxyl groups excluding tert-OH is 1. The van der Waals surface area contributed by atoms with E-state index in [1.807, 2.05) is 0 Å². The molecule has 1 aromatic rings. The normalized spacial score (nSPS) is 15.1. The van der Waals surface area contributed by atoms with Gasteiger partial charge >= 0.3 is 6.36 Å². The third-order valence-corrected chi connectivity index (χ3v) is 2.85. The Labute approximate surface area is 115 Å². The number of rotatable bonds is 5. The highest BCUT2D eigenvalue weighted by Gasteiger charge is 2.32. The minimum atomic E-state index is -4.77. The van der Waals surface area contributed by atoms with E-state index in [0.29, 0.717) is 5.56 Å². The Hall–Kier alpha value is -1.47. The van der Waals surface area contributed by atoms with Crippen molar-refractivity contribution in [3.05, 3.63) is 23.8 Å². The molecule has 7 heteroatoms. The molecule has 0 bridgehead atoms. The molecule has 0 aliphatic rings. The molecule has 0 spiro atoms. The number of hydrogen-bond acceptors (Lipinski definition) is 4. The van der Waals surface area contributed by atoms with E-state index >= 15 is 0 Å². The summed E-state index contributed by atoms with van der Waals surface area (Å²) in [5.74, 6) is -0.357. The highest BCUT2D eigenvalue weighted by Crippen LogP contribution is 2.33. The first kappa shape index (κ1) is 16.6. The van der Waals surface area contributed by atoms with Crippen LogP contribution in [0.1, 0.15) is 25.5 Å². The van der Waals surface area contributed by atoms with Crippen LogP contribution in [-0.4, -0.2) is 24.7 Å². The van der Waals surface area contributed by atoms with Crippen molar-refractivity contribution in [3.63, 3.8) is 0 Å². The summed E-state index contributed by atoms with van der Waals surface area (Å²) in [4.78, 5) is 0. The topological polar surface area (TPSA) is 64.7 Å². The second-order valence-corrected chi connectivity index (χ2v) is 4.71. The summed E-state index contributed by atoms with van der Waals surface area (Å²) in [7, 11) is 1.31. The van der Waals surface area contributed by atoms with Gasteiger partial charge in [0.1, 0.15) is 11.5 Å². The highest BCUT2D eigenvalue weighted by molar-refractivity contribution is 5.43. The van der Waals surface area contributed by atoms with E-state index in [9.17, 15) is 18.3 Å². The molecule has 3 N–H and O–H groups in total. The largest absolute Gasteiger partial charge is 0.573 e. The van der Waals surface area contributed by atoms with Crippen molar-refractivity contribution < 1.29 is 27.8 Å². The van der Waals surface area contributed by atoms with Crippen LogP contribution in [0, 0.1) is 5.92 Å². The van der Waals surface area contributed by atoms with Gasteiger partial charge in [-0.05, 0) is 18.1 Å². The van der Waals surface area contributed by atoms with Crippen LogP contribution in [0.5, 0.6) is 11.5 Å². The molecule has 0 aliphatic heterocycles. The number of benzene rings is 1. The Morgan fingerprint density at radius 1 is 1.25 bits per heavy atom. The molecule has 0 unspecified atom stereocenters. The van der Waals surface area contributed by atoms with Crippen molar-refractivity contribution >= 4 is 0 Å². The molecule has 0 saturated heterocycles. The fraction of sp³-hybridized carbons (Fsp3) is 0.538. The van der Waals surface area contributed by atoms with Crippen molar-refractivity contribution in [1.29, 1.82) is 0 Å². The van der Waals surface area contributed by atoms with E-state index in [1.165, 1.54) is 13.2 Å². The standard InChI is InChI=1S/C13H18F3NO3/c1-7(2)12(18)11(17)9-5-4-8(6-10(9)19-3)20-13(14,15)16/h4-7,11-12,18H,17H2,1-3H3/t11-,12+/m0/s1. The number of halogens is 3. The molecular weight excluding hydrogens is 275 g/mol. The van der Waals surface area contributed by atoms with E-state index in [2.05, 4.69) is 4.74 Å². The van der Waals surface area contributed by atoms with Crippen molar-refractivity contribution in [3.8, 4) is 11.5 Å². The number of alkyl halides is 3. The van der Waals surface area contributed by atoms with Gasteiger partial charge < -0.3 is 20.3 Å². The number of hydrogen-bond donors (Lipinski definition) is 2. The molecule has 0 fully saturated rings. The van der Waals surface area contributed by atoms with E-state index in [-0.39, 0.29) is 11.7 Å². The van der Waals surface area contributed by atoms with Gasteiger partial charge in [0.15, 0.2) is 0 Å². The average Bonchev–Trinajstić information content (AvgIpc) is 2.34. The maximum atomic E-state index is 12.1. The lowest BCUT2D eigenvalue weighted by atomic mass is 9.94. The Morgan fingerprint density at radius 2 is 1.85 bits per heavy atom. The smallest absolute Gasteiger partial charge is 0.496 e. The van der Waals surface area contributed by atoms with E-state index in [1.54, 1.807) is 13.8 Å². The lowest BCUT2D eigenvalue weighted by Crippen LogP contribution is -2.30. The fourth-order valence-electron chi connectivity index (χ4n) is 1.76. The molecule has 0 aliphatic carbocycles. The van der Waals surface area contributed by atoms with Gasteiger partial charge in [-0.1, -0.05) is 13.8 Å². The monoisotopic (exact) mass is 293 g/mol. The van der Waals surface area contributed by atoms with Gasteiger partial charge in [-0.15, -0.1) is 13.2 Å². The molecule has 2 atom stereocenters. The summed E-state index contributed by atoms with van der Waals surface area (Å²) in [6.07, 6.45) is -5.61. The maximum absolute atomic E-state index is 12.1. The SMILES string of the molecule is COc1cc(OC(F)(F)F)ccc1[C@H](N)[C@H](O)C(C)C. The molecule has 0 radical (unpaired) electrons. The minimum absolute atomic E-state index is 0.0965. The molecule has 0 amide bonds. The third-order valence-electron chi connectivity index (χ3n) is 2.85. The Bertz CT molecular complexity index is 449. The summed E-state index contributed by atoms with van der Waals surface area (Å²) in [6.45, 7) is 3.58. The summed E-state index contributed by atoms with van der Waals surface area (Å²) in [5.41, 5.74) is 6.32. The van der Waals surface area contributed by atoms with Crippen LogP contribution in [0.4, 0.5) is 13.2 Å². The maximum Gasteiger partial charge on any atom is 0.573 e. The second-order valence-electron chi connectivity index (χ2n) is 4.71.